The number of alkyl halides is 1. The van der Waals surface area contributed by atoms with Gasteiger partial charge in [-0.05, 0) is 30.7 Å². The lowest BCUT2D eigenvalue weighted by Gasteiger charge is -2.08. The van der Waals surface area contributed by atoms with Crippen LogP contribution in [0, 0.1) is 0 Å². The van der Waals surface area contributed by atoms with Crippen molar-refractivity contribution >= 4 is 35.1 Å². The Labute approximate surface area is 122 Å². The first kappa shape index (κ1) is 16.2. The van der Waals surface area contributed by atoms with E-state index in [-0.39, 0.29) is 12.0 Å². The zero-order chi connectivity index (χ0) is 13.4. The van der Waals surface area contributed by atoms with Crippen LogP contribution in [0.3, 0.4) is 0 Å². The maximum absolute atomic E-state index is 9.48. The molecule has 0 heterocycles. The zero-order valence-corrected chi connectivity index (χ0v) is 12.8. The van der Waals surface area contributed by atoms with Crippen molar-refractivity contribution in [1.82, 2.24) is 0 Å². The standard InChI is InChI=1S/C13H19ClO2S2/c1-2-10(15)8-17-12-3-5-13(6-4-12)18-9-11(16)7-14/h3-6,10-11,15-16H,2,7-9H2,1H3/t10?,11-/m0/s1. The minimum absolute atomic E-state index is 0.233. The minimum atomic E-state index is -0.453. The lowest BCUT2D eigenvalue weighted by atomic mass is 10.3. The molecule has 0 aliphatic carbocycles. The molecule has 0 aliphatic heterocycles. The molecule has 1 unspecified atom stereocenters. The van der Waals surface area contributed by atoms with Gasteiger partial charge in [0.2, 0.25) is 0 Å². The molecule has 0 aliphatic rings. The van der Waals surface area contributed by atoms with E-state index < -0.39 is 6.10 Å². The van der Waals surface area contributed by atoms with E-state index in [0.29, 0.717) is 5.75 Å². The molecule has 0 aromatic heterocycles. The number of halogens is 1. The molecule has 2 atom stereocenters. The normalized spacial score (nSPS) is 14.4. The predicted molar refractivity (Wildman–Crippen MR) is 80.9 cm³/mol. The van der Waals surface area contributed by atoms with Crippen molar-refractivity contribution in [2.75, 3.05) is 17.4 Å². The Morgan fingerprint density at radius 3 is 1.83 bits per heavy atom. The molecule has 0 bridgehead atoms. The highest BCUT2D eigenvalue weighted by Gasteiger charge is 2.04. The van der Waals surface area contributed by atoms with Crippen LogP contribution < -0.4 is 0 Å². The van der Waals surface area contributed by atoms with E-state index in [2.05, 4.69) is 0 Å². The van der Waals surface area contributed by atoms with Gasteiger partial charge in [-0.1, -0.05) is 6.92 Å². The Bertz CT molecular complexity index is 299. The summed E-state index contributed by atoms with van der Waals surface area (Å²) in [6, 6.07) is 8.16. The lowest BCUT2D eigenvalue weighted by molar-refractivity contribution is 0.195. The summed E-state index contributed by atoms with van der Waals surface area (Å²) in [7, 11) is 0. The van der Waals surface area contributed by atoms with Gasteiger partial charge in [0.05, 0.1) is 12.2 Å². The topological polar surface area (TPSA) is 40.5 Å². The second kappa shape index (κ2) is 9.10. The fourth-order valence-corrected chi connectivity index (χ4v) is 3.20. The average molecular weight is 307 g/mol. The summed E-state index contributed by atoms with van der Waals surface area (Å²) in [4.78, 5) is 2.28. The molecular weight excluding hydrogens is 288 g/mol. The summed E-state index contributed by atoms with van der Waals surface area (Å²) in [5.74, 6) is 1.62. The van der Waals surface area contributed by atoms with Gasteiger partial charge < -0.3 is 10.2 Å². The highest BCUT2D eigenvalue weighted by atomic mass is 35.5. The Kier molecular flexibility index (Phi) is 8.18. The number of thioether (sulfide) groups is 2. The van der Waals surface area contributed by atoms with E-state index in [1.54, 1.807) is 23.5 Å². The van der Waals surface area contributed by atoms with Crippen LogP contribution >= 0.6 is 35.1 Å². The molecule has 102 valence electrons. The maximum atomic E-state index is 9.48. The lowest BCUT2D eigenvalue weighted by Crippen LogP contribution is -2.10. The smallest absolute Gasteiger partial charge is 0.0769 e. The van der Waals surface area contributed by atoms with Crippen LogP contribution in [-0.4, -0.2) is 39.8 Å². The van der Waals surface area contributed by atoms with E-state index in [9.17, 15) is 10.2 Å². The third-order valence-electron chi connectivity index (χ3n) is 2.36. The predicted octanol–water partition coefficient (Wildman–Crippen LogP) is 3.24. The van der Waals surface area contributed by atoms with Gasteiger partial charge in [0, 0.05) is 27.2 Å². The van der Waals surface area contributed by atoms with E-state index in [1.807, 2.05) is 31.2 Å². The maximum Gasteiger partial charge on any atom is 0.0769 e. The second-order valence-electron chi connectivity index (χ2n) is 3.96. The monoisotopic (exact) mass is 306 g/mol. The van der Waals surface area contributed by atoms with Crippen LogP contribution in [0.15, 0.2) is 34.1 Å². The number of hydrogen-bond acceptors (Lipinski definition) is 4. The number of aliphatic hydroxyl groups excluding tert-OH is 2. The first-order valence-electron chi connectivity index (χ1n) is 5.93. The summed E-state index contributed by atoms with van der Waals surface area (Å²) in [5.41, 5.74) is 0. The van der Waals surface area contributed by atoms with Gasteiger partial charge in [0.1, 0.15) is 0 Å². The summed E-state index contributed by atoms with van der Waals surface area (Å²) < 4.78 is 0. The first-order valence-corrected chi connectivity index (χ1v) is 8.44. The number of aliphatic hydroxyl groups is 2. The summed E-state index contributed by atoms with van der Waals surface area (Å²) in [6.07, 6.45) is 0.102. The highest BCUT2D eigenvalue weighted by molar-refractivity contribution is 7.99. The van der Waals surface area contributed by atoms with Crippen LogP contribution in [0.25, 0.3) is 0 Å². The van der Waals surface area contributed by atoms with Crippen molar-refractivity contribution in [2.45, 2.75) is 35.3 Å². The van der Waals surface area contributed by atoms with Gasteiger partial charge in [-0.25, -0.2) is 0 Å². The van der Waals surface area contributed by atoms with E-state index in [4.69, 9.17) is 11.6 Å². The molecule has 0 spiro atoms. The molecule has 2 N–H and O–H groups in total. The molecule has 5 heteroatoms. The van der Waals surface area contributed by atoms with Gasteiger partial charge in [-0.2, -0.15) is 0 Å². The minimum Gasteiger partial charge on any atom is -0.392 e. The molecule has 2 nitrogen and oxygen atoms in total. The zero-order valence-electron chi connectivity index (χ0n) is 10.4. The molecule has 0 saturated carbocycles. The summed E-state index contributed by atoms with van der Waals surface area (Å²) in [5, 5.41) is 18.8. The van der Waals surface area contributed by atoms with Crippen LogP contribution in [0.5, 0.6) is 0 Å². The Hall–Kier alpha value is 0.130. The summed E-state index contributed by atoms with van der Waals surface area (Å²) >= 11 is 8.80. The first-order chi connectivity index (χ1) is 8.65. The van der Waals surface area contributed by atoms with Gasteiger partial charge in [-0.3, -0.25) is 0 Å². The largest absolute Gasteiger partial charge is 0.392 e. The van der Waals surface area contributed by atoms with Crippen LogP contribution in [0.4, 0.5) is 0 Å². The number of hydrogen-bond donors (Lipinski definition) is 2. The second-order valence-corrected chi connectivity index (χ2v) is 6.46. The van der Waals surface area contributed by atoms with Crippen LogP contribution in [0.1, 0.15) is 13.3 Å². The highest BCUT2D eigenvalue weighted by Crippen LogP contribution is 2.24. The molecule has 1 aromatic rings. The van der Waals surface area contributed by atoms with Crippen LogP contribution in [-0.2, 0) is 0 Å². The molecule has 0 radical (unpaired) electrons. The molecule has 1 rings (SSSR count). The van der Waals surface area contributed by atoms with Crippen molar-refractivity contribution in [3.8, 4) is 0 Å². The van der Waals surface area contributed by atoms with E-state index >= 15 is 0 Å². The van der Waals surface area contributed by atoms with Crippen molar-refractivity contribution in [2.24, 2.45) is 0 Å². The third-order valence-corrected chi connectivity index (χ3v) is 5.03. The van der Waals surface area contributed by atoms with Crippen LogP contribution in [0.2, 0.25) is 0 Å². The fourth-order valence-electron chi connectivity index (χ4n) is 1.18. The van der Waals surface area contributed by atoms with E-state index in [0.717, 1.165) is 22.0 Å². The SMILES string of the molecule is CCC(O)CSc1ccc(SC[C@@H](O)CCl)cc1. The number of rotatable bonds is 8. The van der Waals surface area contributed by atoms with Gasteiger partial charge >= 0.3 is 0 Å². The third kappa shape index (κ3) is 6.34. The molecule has 18 heavy (non-hydrogen) atoms. The molecular formula is C13H19ClO2S2. The van der Waals surface area contributed by atoms with Crippen molar-refractivity contribution in [1.29, 1.82) is 0 Å². The van der Waals surface area contributed by atoms with Crippen molar-refractivity contribution in [3.63, 3.8) is 0 Å². The Balaban J connectivity index is 2.37. The molecule has 0 amide bonds. The van der Waals surface area contributed by atoms with Crippen molar-refractivity contribution < 1.29 is 10.2 Å². The molecule has 0 fully saturated rings. The Morgan fingerprint density at radius 2 is 1.44 bits per heavy atom. The molecule has 1 aromatic carbocycles. The number of benzene rings is 1. The Morgan fingerprint density at radius 1 is 1.00 bits per heavy atom. The summed E-state index contributed by atoms with van der Waals surface area (Å²) in [6.45, 7) is 1.98. The average Bonchev–Trinajstić information content (AvgIpc) is 2.43. The van der Waals surface area contributed by atoms with Gasteiger partial charge in [-0.15, -0.1) is 35.1 Å². The molecule has 0 saturated heterocycles. The fraction of sp³-hybridized carbons (Fsp3) is 0.538. The van der Waals surface area contributed by atoms with Gasteiger partial charge in [0.15, 0.2) is 0 Å². The van der Waals surface area contributed by atoms with Crippen molar-refractivity contribution in [3.05, 3.63) is 24.3 Å². The van der Waals surface area contributed by atoms with E-state index in [1.165, 1.54) is 0 Å². The quantitative estimate of drug-likeness (QED) is 0.571. The van der Waals surface area contributed by atoms with Gasteiger partial charge in [0.25, 0.3) is 0 Å².